The lowest BCUT2D eigenvalue weighted by Gasteiger charge is -2.01. The Balaban J connectivity index is 3.15. The summed E-state index contributed by atoms with van der Waals surface area (Å²) in [6, 6.07) is 3.68. The van der Waals surface area contributed by atoms with Crippen LogP contribution >= 0.6 is 15.9 Å². The molecule has 1 nitrogen and oxygen atoms in total. The lowest BCUT2D eigenvalue weighted by Crippen LogP contribution is -2.12. The summed E-state index contributed by atoms with van der Waals surface area (Å²) in [4.78, 5) is 10.7. The summed E-state index contributed by atoms with van der Waals surface area (Å²) in [6.07, 6.45) is -3.18. The van der Waals surface area contributed by atoms with E-state index in [-0.39, 0.29) is 4.47 Å². The number of benzene rings is 1. The second kappa shape index (κ2) is 3.91. The molecule has 0 fully saturated rings. The molecule has 0 radical (unpaired) electrons. The fourth-order valence-corrected chi connectivity index (χ4v) is 1.18. The second-order valence-electron chi connectivity index (χ2n) is 2.27. The molecule has 0 aliphatic heterocycles. The van der Waals surface area contributed by atoms with Crippen molar-refractivity contribution in [2.24, 2.45) is 0 Å². The number of Topliss-reactive ketones (excluding diaryl/α,β-unsaturated/α-hetero) is 1. The van der Waals surface area contributed by atoms with Crippen LogP contribution in [0.2, 0.25) is 0 Å². The number of halogens is 4. The van der Waals surface area contributed by atoms with Crippen LogP contribution in [0.5, 0.6) is 0 Å². The molecule has 1 rings (SSSR count). The third kappa shape index (κ3) is 2.09. The summed E-state index contributed by atoms with van der Waals surface area (Å²) in [5.41, 5.74) is -0.593. The molecule has 0 spiro atoms. The molecule has 0 bridgehead atoms. The van der Waals surface area contributed by atoms with Gasteiger partial charge in [-0.3, -0.25) is 4.79 Å². The smallest absolute Gasteiger partial charge is 0.288 e. The third-order valence-electron chi connectivity index (χ3n) is 1.42. The van der Waals surface area contributed by atoms with Crippen molar-refractivity contribution in [3.63, 3.8) is 0 Å². The Hall–Kier alpha value is -0.840. The molecule has 0 atom stereocenters. The first-order valence-corrected chi connectivity index (χ1v) is 4.09. The van der Waals surface area contributed by atoms with Gasteiger partial charge in [-0.1, -0.05) is 6.07 Å². The molecule has 0 heterocycles. The normalized spacial score (nSPS) is 10.5. The molecule has 13 heavy (non-hydrogen) atoms. The fourth-order valence-electron chi connectivity index (χ4n) is 0.812. The molecule has 0 unspecified atom stereocenters. The van der Waals surface area contributed by atoms with E-state index in [1.165, 1.54) is 12.1 Å². The highest BCUT2D eigenvalue weighted by molar-refractivity contribution is 9.10. The van der Waals surface area contributed by atoms with Crippen LogP contribution in [0.25, 0.3) is 0 Å². The van der Waals surface area contributed by atoms with E-state index in [1.54, 1.807) is 0 Å². The SMILES string of the molecule is O=C(c1cccc(Br)c1F)C(F)F. The number of hydrogen-bond acceptors (Lipinski definition) is 1. The highest BCUT2D eigenvalue weighted by Gasteiger charge is 2.21. The van der Waals surface area contributed by atoms with Crippen LogP contribution in [0.3, 0.4) is 0 Å². The predicted octanol–water partition coefficient (Wildman–Crippen LogP) is 3.04. The van der Waals surface area contributed by atoms with Crippen molar-refractivity contribution in [1.29, 1.82) is 0 Å². The van der Waals surface area contributed by atoms with Gasteiger partial charge in [0.1, 0.15) is 5.82 Å². The average Bonchev–Trinajstić information content (AvgIpc) is 2.08. The Morgan fingerprint density at radius 3 is 2.54 bits per heavy atom. The maximum Gasteiger partial charge on any atom is 0.300 e. The van der Waals surface area contributed by atoms with Crippen molar-refractivity contribution in [2.45, 2.75) is 6.43 Å². The topological polar surface area (TPSA) is 17.1 Å². The summed E-state index contributed by atoms with van der Waals surface area (Å²) in [6.45, 7) is 0. The minimum absolute atomic E-state index is 0.000926. The molecular weight excluding hydrogens is 249 g/mol. The number of carbonyl (C=O) groups excluding carboxylic acids is 1. The minimum atomic E-state index is -3.18. The minimum Gasteiger partial charge on any atom is -0.288 e. The zero-order valence-electron chi connectivity index (χ0n) is 6.23. The van der Waals surface area contributed by atoms with Crippen molar-refractivity contribution < 1.29 is 18.0 Å². The monoisotopic (exact) mass is 252 g/mol. The van der Waals surface area contributed by atoms with Crippen LogP contribution in [0.15, 0.2) is 22.7 Å². The summed E-state index contributed by atoms with van der Waals surface area (Å²) in [7, 11) is 0. The van der Waals surface area contributed by atoms with Gasteiger partial charge in [0.05, 0.1) is 10.0 Å². The van der Waals surface area contributed by atoms with E-state index in [1.807, 2.05) is 0 Å². The van der Waals surface area contributed by atoms with Gasteiger partial charge in [0, 0.05) is 0 Å². The molecule has 0 saturated carbocycles. The summed E-state index contributed by atoms with van der Waals surface area (Å²) < 4.78 is 36.8. The van der Waals surface area contributed by atoms with E-state index in [0.717, 1.165) is 6.07 Å². The second-order valence-corrected chi connectivity index (χ2v) is 3.12. The standard InChI is InChI=1S/C8H4BrF3O/c9-5-3-1-2-4(6(5)10)7(13)8(11)12/h1-3,8H. The number of rotatable bonds is 2. The first-order valence-electron chi connectivity index (χ1n) is 3.30. The molecule has 0 aliphatic carbocycles. The van der Waals surface area contributed by atoms with Crippen LogP contribution in [0.4, 0.5) is 13.2 Å². The van der Waals surface area contributed by atoms with Gasteiger partial charge >= 0.3 is 6.43 Å². The average molecular weight is 253 g/mol. The van der Waals surface area contributed by atoms with Crippen molar-refractivity contribution in [1.82, 2.24) is 0 Å². The Morgan fingerprint density at radius 1 is 1.38 bits per heavy atom. The van der Waals surface area contributed by atoms with Crippen LogP contribution in [-0.2, 0) is 0 Å². The number of ketones is 1. The van der Waals surface area contributed by atoms with Gasteiger partial charge in [0.15, 0.2) is 0 Å². The largest absolute Gasteiger partial charge is 0.300 e. The van der Waals surface area contributed by atoms with Crippen LogP contribution in [0, 0.1) is 5.82 Å². The molecule has 1 aromatic rings. The molecule has 5 heteroatoms. The van der Waals surface area contributed by atoms with Crippen molar-refractivity contribution in [2.75, 3.05) is 0 Å². The van der Waals surface area contributed by atoms with Crippen LogP contribution in [-0.4, -0.2) is 12.2 Å². The van der Waals surface area contributed by atoms with Gasteiger partial charge in [-0.15, -0.1) is 0 Å². The first-order chi connectivity index (χ1) is 6.04. The zero-order chi connectivity index (χ0) is 10.0. The fraction of sp³-hybridized carbons (Fsp3) is 0.125. The van der Waals surface area contributed by atoms with E-state index >= 15 is 0 Å². The molecule has 0 aromatic heterocycles. The molecule has 0 amide bonds. The Bertz CT molecular complexity index is 338. The van der Waals surface area contributed by atoms with Gasteiger partial charge in [-0.05, 0) is 28.1 Å². The molecule has 70 valence electrons. The lowest BCUT2D eigenvalue weighted by atomic mass is 10.1. The maximum absolute atomic E-state index is 13.0. The zero-order valence-corrected chi connectivity index (χ0v) is 7.82. The van der Waals surface area contributed by atoms with Crippen molar-refractivity contribution in [3.8, 4) is 0 Å². The quantitative estimate of drug-likeness (QED) is 0.740. The molecule has 0 N–H and O–H groups in total. The number of hydrogen-bond donors (Lipinski definition) is 0. The van der Waals surface area contributed by atoms with Crippen LogP contribution < -0.4 is 0 Å². The molecule has 1 aromatic carbocycles. The van der Waals surface area contributed by atoms with Gasteiger partial charge in [0.25, 0.3) is 0 Å². The van der Waals surface area contributed by atoms with E-state index in [0.29, 0.717) is 0 Å². The van der Waals surface area contributed by atoms with Gasteiger partial charge in [-0.25, -0.2) is 13.2 Å². The van der Waals surface area contributed by atoms with Gasteiger partial charge < -0.3 is 0 Å². The van der Waals surface area contributed by atoms with Crippen molar-refractivity contribution in [3.05, 3.63) is 34.1 Å². The third-order valence-corrected chi connectivity index (χ3v) is 2.03. The highest BCUT2D eigenvalue weighted by Crippen LogP contribution is 2.20. The molecular formula is C8H4BrF3O. The Morgan fingerprint density at radius 2 is 2.00 bits per heavy atom. The Kier molecular flexibility index (Phi) is 3.08. The molecule has 0 saturated heterocycles. The van der Waals surface area contributed by atoms with E-state index in [9.17, 15) is 18.0 Å². The summed E-state index contributed by atoms with van der Waals surface area (Å²) >= 11 is 2.79. The lowest BCUT2D eigenvalue weighted by molar-refractivity contribution is 0.0674. The van der Waals surface area contributed by atoms with Crippen LogP contribution in [0.1, 0.15) is 10.4 Å². The highest BCUT2D eigenvalue weighted by atomic mass is 79.9. The number of carbonyl (C=O) groups is 1. The predicted molar refractivity (Wildman–Crippen MR) is 44.4 cm³/mol. The van der Waals surface area contributed by atoms with Crippen molar-refractivity contribution >= 4 is 21.7 Å². The van der Waals surface area contributed by atoms with E-state index in [2.05, 4.69) is 15.9 Å². The van der Waals surface area contributed by atoms with Gasteiger partial charge in [-0.2, -0.15) is 0 Å². The Labute approximate surface area is 80.7 Å². The first kappa shape index (κ1) is 10.2. The van der Waals surface area contributed by atoms with Gasteiger partial charge in [0.2, 0.25) is 5.78 Å². The van der Waals surface area contributed by atoms with E-state index < -0.39 is 23.6 Å². The summed E-state index contributed by atoms with van der Waals surface area (Å²) in [5, 5.41) is 0. The summed E-state index contributed by atoms with van der Waals surface area (Å²) in [5.74, 6) is -2.45. The number of alkyl halides is 2. The van der Waals surface area contributed by atoms with E-state index in [4.69, 9.17) is 0 Å². The maximum atomic E-state index is 13.0. The molecule has 0 aliphatic rings.